The molecule has 1 heteroatoms. The minimum Gasteiger partial charge on any atom is -0.319 e. The maximum atomic E-state index is 4.60. The van der Waals surface area contributed by atoms with Gasteiger partial charge < -0.3 is 4.48 Å². The van der Waals surface area contributed by atoms with Crippen molar-refractivity contribution in [1.82, 2.24) is 0 Å². The van der Waals surface area contributed by atoms with Crippen LogP contribution >= 0.6 is 0 Å². The summed E-state index contributed by atoms with van der Waals surface area (Å²) in [5.41, 5.74) is 0. The Balaban J connectivity index is 3.98. The van der Waals surface area contributed by atoms with Gasteiger partial charge in [0.05, 0.1) is 19.6 Å². The minimum absolute atomic E-state index is 1.09. The zero-order valence-electron chi connectivity index (χ0n) is 14.8. The second kappa shape index (κ2) is 13.9. The first-order valence-corrected chi connectivity index (χ1v) is 9.39. The van der Waals surface area contributed by atoms with E-state index in [1.165, 1.54) is 96.7 Å². The third-order valence-corrected chi connectivity index (χ3v) is 4.46. The number of hydrogen-bond acceptors (Lipinski definition) is 0. The second-order valence-electron chi connectivity index (χ2n) is 6.69. The standard InChI is InChI=1S/C19H41N/c1-5-8-11-14-17-20(4,18-15-12-9-6-2)19-16-13-10-7-3/h4-19H2,1-3H3/q+1. The largest absolute Gasteiger partial charge is 0.319 e. The summed E-state index contributed by atoms with van der Waals surface area (Å²) in [5.74, 6) is 0. The molecule has 0 aliphatic heterocycles. The second-order valence-corrected chi connectivity index (χ2v) is 6.69. The van der Waals surface area contributed by atoms with E-state index in [1.807, 2.05) is 0 Å². The van der Waals surface area contributed by atoms with E-state index < -0.39 is 0 Å². The van der Waals surface area contributed by atoms with Crippen LogP contribution in [-0.2, 0) is 0 Å². The molecule has 0 N–H and O–H groups in total. The molecule has 0 amide bonds. The van der Waals surface area contributed by atoms with Gasteiger partial charge in [-0.3, -0.25) is 0 Å². The SMILES string of the molecule is [CH2][N+](CCCCCC)(CCCCCC)CCCCCC. The Morgan fingerprint density at radius 2 is 0.800 bits per heavy atom. The number of hydrogen-bond donors (Lipinski definition) is 0. The lowest BCUT2D eigenvalue weighted by Gasteiger charge is -2.34. The van der Waals surface area contributed by atoms with E-state index >= 15 is 0 Å². The number of nitrogens with zero attached hydrogens (tertiary/aromatic N) is 1. The molecule has 0 saturated carbocycles. The van der Waals surface area contributed by atoms with E-state index in [4.69, 9.17) is 0 Å². The molecule has 0 atom stereocenters. The Kier molecular flexibility index (Phi) is 13.9. The predicted molar refractivity (Wildman–Crippen MR) is 92.6 cm³/mol. The normalized spacial score (nSPS) is 12.0. The highest BCUT2D eigenvalue weighted by Gasteiger charge is 2.20. The van der Waals surface area contributed by atoms with Crippen LogP contribution in [0.3, 0.4) is 0 Å². The van der Waals surface area contributed by atoms with Gasteiger partial charge in [-0.25, -0.2) is 0 Å². The topological polar surface area (TPSA) is 0 Å². The molecule has 0 fully saturated rings. The third kappa shape index (κ3) is 11.8. The maximum Gasteiger partial charge on any atom is 0.128 e. The number of quaternary nitrogens is 1. The smallest absolute Gasteiger partial charge is 0.128 e. The lowest BCUT2D eigenvalue weighted by Crippen LogP contribution is -2.44. The van der Waals surface area contributed by atoms with Gasteiger partial charge in [0.1, 0.15) is 7.05 Å². The van der Waals surface area contributed by atoms with Crippen LogP contribution < -0.4 is 0 Å². The highest BCUT2D eigenvalue weighted by atomic mass is 15.3. The molecule has 20 heavy (non-hydrogen) atoms. The maximum absolute atomic E-state index is 4.60. The highest BCUT2D eigenvalue weighted by molar-refractivity contribution is 4.50. The van der Waals surface area contributed by atoms with Crippen molar-refractivity contribution in [3.8, 4) is 0 Å². The van der Waals surface area contributed by atoms with Crippen LogP contribution in [0.5, 0.6) is 0 Å². The molecule has 0 aromatic carbocycles. The molecule has 0 bridgehead atoms. The van der Waals surface area contributed by atoms with Gasteiger partial charge >= 0.3 is 0 Å². The number of rotatable bonds is 15. The van der Waals surface area contributed by atoms with E-state index in [0.717, 1.165) is 4.48 Å². The van der Waals surface area contributed by atoms with Crippen molar-refractivity contribution >= 4 is 0 Å². The quantitative estimate of drug-likeness (QED) is 0.243. The molecule has 0 aliphatic carbocycles. The molecular weight excluding hydrogens is 242 g/mol. The van der Waals surface area contributed by atoms with Crippen molar-refractivity contribution in [1.29, 1.82) is 0 Å². The Bertz CT molecular complexity index is 157. The van der Waals surface area contributed by atoms with Gasteiger partial charge in [-0.1, -0.05) is 59.3 Å². The fourth-order valence-corrected chi connectivity index (χ4v) is 2.96. The average Bonchev–Trinajstić information content (AvgIpc) is 2.45. The van der Waals surface area contributed by atoms with E-state index in [0.29, 0.717) is 0 Å². The molecule has 0 spiro atoms. The molecule has 0 aromatic heterocycles. The molecule has 0 aromatic rings. The van der Waals surface area contributed by atoms with Crippen molar-refractivity contribution in [3.05, 3.63) is 7.05 Å². The van der Waals surface area contributed by atoms with E-state index in [2.05, 4.69) is 27.8 Å². The van der Waals surface area contributed by atoms with Gasteiger partial charge in [-0.2, -0.15) is 0 Å². The summed E-state index contributed by atoms with van der Waals surface area (Å²) in [4.78, 5) is 0. The van der Waals surface area contributed by atoms with E-state index in [1.54, 1.807) is 0 Å². The highest BCUT2D eigenvalue weighted by Crippen LogP contribution is 2.15. The molecular formula is C19H41N+. The zero-order valence-corrected chi connectivity index (χ0v) is 14.8. The predicted octanol–water partition coefficient (Wildman–Crippen LogP) is 6.34. The van der Waals surface area contributed by atoms with Crippen molar-refractivity contribution in [2.75, 3.05) is 19.6 Å². The Labute approximate surface area is 129 Å². The van der Waals surface area contributed by atoms with Crippen molar-refractivity contribution < 1.29 is 4.48 Å². The fourth-order valence-electron chi connectivity index (χ4n) is 2.96. The number of unbranched alkanes of at least 4 members (excludes halogenated alkanes) is 9. The summed E-state index contributed by atoms with van der Waals surface area (Å²) >= 11 is 0. The van der Waals surface area contributed by atoms with Crippen LogP contribution in [-0.4, -0.2) is 24.1 Å². The monoisotopic (exact) mass is 283 g/mol. The Hall–Kier alpha value is -0.0400. The Morgan fingerprint density at radius 3 is 1.05 bits per heavy atom. The van der Waals surface area contributed by atoms with Crippen molar-refractivity contribution in [2.24, 2.45) is 0 Å². The molecule has 0 saturated heterocycles. The van der Waals surface area contributed by atoms with Crippen LogP contribution in [0.15, 0.2) is 0 Å². The van der Waals surface area contributed by atoms with Gasteiger partial charge in [0, 0.05) is 0 Å². The van der Waals surface area contributed by atoms with Crippen LogP contribution in [0.2, 0.25) is 0 Å². The van der Waals surface area contributed by atoms with Crippen molar-refractivity contribution in [3.63, 3.8) is 0 Å². The first-order chi connectivity index (χ1) is 9.68. The molecule has 0 aliphatic rings. The van der Waals surface area contributed by atoms with E-state index in [9.17, 15) is 0 Å². The first kappa shape index (κ1) is 20.0. The summed E-state index contributed by atoms with van der Waals surface area (Å²) in [7, 11) is 4.60. The molecule has 0 rings (SSSR count). The Morgan fingerprint density at radius 1 is 0.500 bits per heavy atom. The van der Waals surface area contributed by atoms with Gasteiger partial charge in [-0.05, 0) is 38.5 Å². The summed E-state index contributed by atoms with van der Waals surface area (Å²) in [6.45, 7) is 10.8. The third-order valence-electron chi connectivity index (χ3n) is 4.46. The average molecular weight is 284 g/mol. The lowest BCUT2D eigenvalue weighted by molar-refractivity contribution is -0.886. The van der Waals surface area contributed by atoms with Gasteiger partial charge in [-0.15, -0.1) is 0 Å². The zero-order chi connectivity index (χ0) is 15.1. The molecule has 1 radical (unpaired) electrons. The summed E-state index contributed by atoms with van der Waals surface area (Å²) in [6.07, 6.45) is 16.5. The summed E-state index contributed by atoms with van der Waals surface area (Å²) < 4.78 is 1.09. The van der Waals surface area contributed by atoms with Crippen LogP contribution in [0.25, 0.3) is 0 Å². The molecule has 121 valence electrons. The first-order valence-electron chi connectivity index (χ1n) is 9.39. The van der Waals surface area contributed by atoms with Gasteiger partial charge in [0.2, 0.25) is 0 Å². The summed E-state index contributed by atoms with van der Waals surface area (Å²) in [5, 5.41) is 0. The van der Waals surface area contributed by atoms with Gasteiger partial charge in [0.25, 0.3) is 0 Å². The molecule has 0 unspecified atom stereocenters. The summed E-state index contributed by atoms with van der Waals surface area (Å²) in [6, 6.07) is 0. The minimum atomic E-state index is 1.09. The van der Waals surface area contributed by atoms with E-state index in [-0.39, 0.29) is 0 Å². The fraction of sp³-hybridized carbons (Fsp3) is 0.947. The lowest BCUT2D eigenvalue weighted by atomic mass is 10.1. The van der Waals surface area contributed by atoms with Crippen LogP contribution in [0, 0.1) is 7.05 Å². The molecule has 0 heterocycles. The van der Waals surface area contributed by atoms with Crippen LogP contribution in [0.1, 0.15) is 97.8 Å². The molecule has 1 nitrogen and oxygen atoms in total. The van der Waals surface area contributed by atoms with Gasteiger partial charge in [0.15, 0.2) is 0 Å². The van der Waals surface area contributed by atoms with Crippen LogP contribution in [0.4, 0.5) is 0 Å². The van der Waals surface area contributed by atoms with Crippen molar-refractivity contribution in [2.45, 2.75) is 97.8 Å².